The van der Waals surface area contributed by atoms with Gasteiger partial charge < -0.3 is 19.3 Å². The van der Waals surface area contributed by atoms with Gasteiger partial charge in [-0.3, -0.25) is 4.79 Å². The second-order valence-corrected chi connectivity index (χ2v) is 6.43. The van der Waals surface area contributed by atoms with E-state index in [0.717, 1.165) is 5.56 Å². The number of nitrogens with zero attached hydrogens (tertiary/aromatic N) is 2. The fourth-order valence-electron chi connectivity index (χ4n) is 2.56. The third kappa shape index (κ3) is 4.40. The molecule has 1 fully saturated rings. The fourth-order valence-corrected chi connectivity index (χ4v) is 2.56. The smallest absolute Gasteiger partial charge is 0.409 e. The molecule has 1 aliphatic rings. The second kappa shape index (κ2) is 8.04. The summed E-state index contributed by atoms with van der Waals surface area (Å²) >= 11 is 0. The van der Waals surface area contributed by atoms with Gasteiger partial charge in [0.15, 0.2) is 0 Å². The Morgan fingerprint density at radius 3 is 2.33 bits per heavy atom. The Morgan fingerprint density at radius 2 is 1.75 bits per heavy atom. The van der Waals surface area contributed by atoms with Crippen molar-refractivity contribution in [1.29, 1.82) is 0 Å². The maximum absolute atomic E-state index is 12.6. The molecule has 0 bridgehead atoms. The highest BCUT2D eigenvalue weighted by molar-refractivity contribution is 5.95. The molecule has 24 heavy (non-hydrogen) atoms. The summed E-state index contributed by atoms with van der Waals surface area (Å²) in [5, 5.41) is 0. The molecule has 1 saturated heterocycles. The van der Waals surface area contributed by atoms with E-state index in [2.05, 4.69) is 0 Å². The van der Waals surface area contributed by atoms with E-state index in [0.29, 0.717) is 50.0 Å². The molecule has 0 unspecified atom stereocenters. The molecule has 1 aromatic carbocycles. The van der Waals surface area contributed by atoms with Gasteiger partial charge in [0.2, 0.25) is 0 Å². The van der Waals surface area contributed by atoms with Crippen LogP contribution in [0.15, 0.2) is 18.2 Å². The molecule has 0 aliphatic carbocycles. The van der Waals surface area contributed by atoms with Crippen LogP contribution in [-0.4, -0.2) is 61.7 Å². The zero-order valence-corrected chi connectivity index (χ0v) is 14.9. The van der Waals surface area contributed by atoms with Crippen LogP contribution in [0.5, 0.6) is 5.75 Å². The summed E-state index contributed by atoms with van der Waals surface area (Å²) in [7, 11) is 1.60. The third-order valence-corrected chi connectivity index (χ3v) is 4.02. The third-order valence-electron chi connectivity index (χ3n) is 4.02. The topological polar surface area (TPSA) is 59.1 Å². The Hall–Kier alpha value is -2.24. The lowest BCUT2D eigenvalue weighted by Crippen LogP contribution is -2.50. The summed E-state index contributed by atoms with van der Waals surface area (Å²) in [5.74, 6) is 0.980. The van der Waals surface area contributed by atoms with E-state index < -0.39 is 0 Å². The molecule has 2 rings (SSSR count). The average Bonchev–Trinajstić information content (AvgIpc) is 2.59. The monoisotopic (exact) mass is 334 g/mol. The van der Waals surface area contributed by atoms with Crippen LogP contribution in [0.3, 0.4) is 0 Å². The van der Waals surface area contributed by atoms with Crippen molar-refractivity contribution >= 4 is 12.0 Å². The van der Waals surface area contributed by atoms with Crippen LogP contribution in [0.4, 0.5) is 4.79 Å². The maximum Gasteiger partial charge on any atom is 0.409 e. The average molecular weight is 334 g/mol. The van der Waals surface area contributed by atoms with E-state index in [1.165, 1.54) is 0 Å². The highest BCUT2D eigenvalue weighted by Gasteiger charge is 2.26. The summed E-state index contributed by atoms with van der Waals surface area (Å²) in [5.41, 5.74) is 1.60. The van der Waals surface area contributed by atoms with Crippen LogP contribution in [0, 0.1) is 12.8 Å². The van der Waals surface area contributed by atoms with Gasteiger partial charge in [0.25, 0.3) is 5.91 Å². The van der Waals surface area contributed by atoms with Crippen molar-refractivity contribution in [2.75, 3.05) is 39.9 Å². The Balaban J connectivity index is 1.92. The molecule has 132 valence electrons. The lowest BCUT2D eigenvalue weighted by Gasteiger charge is -2.34. The van der Waals surface area contributed by atoms with Crippen LogP contribution in [-0.2, 0) is 4.74 Å². The molecule has 1 heterocycles. The molecule has 0 N–H and O–H groups in total. The van der Waals surface area contributed by atoms with Gasteiger partial charge in [0.05, 0.1) is 13.7 Å². The van der Waals surface area contributed by atoms with Crippen LogP contribution >= 0.6 is 0 Å². The number of carbonyl (C=O) groups is 2. The Labute approximate surface area is 143 Å². The number of methoxy groups -OCH3 is 1. The maximum atomic E-state index is 12.6. The fraction of sp³-hybridized carbons (Fsp3) is 0.556. The Morgan fingerprint density at radius 1 is 1.12 bits per heavy atom. The van der Waals surface area contributed by atoms with Crippen LogP contribution in [0.25, 0.3) is 0 Å². The zero-order valence-electron chi connectivity index (χ0n) is 14.9. The van der Waals surface area contributed by atoms with E-state index in [-0.39, 0.29) is 12.0 Å². The number of ether oxygens (including phenoxy) is 2. The normalized spacial score (nSPS) is 14.7. The second-order valence-electron chi connectivity index (χ2n) is 6.43. The number of hydrogen-bond donors (Lipinski definition) is 0. The largest absolute Gasteiger partial charge is 0.496 e. The predicted molar refractivity (Wildman–Crippen MR) is 91.4 cm³/mol. The Kier molecular flexibility index (Phi) is 6.06. The van der Waals surface area contributed by atoms with E-state index in [1.54, 1.807) is 23.0 Å². The first-order valence-corrected chi connectivity index (χ1v) is 8.28. The van der Waals surface area contributed by atoms with Gasteiger partial charge in [-0.15, -0.1) is 0 Å². The van der Waals surface area contributed by atoms with Crippen molar-refractivity contribution in [3.05, 3.63) is 29.3 Å². The van der Waals surface area contributed by atoms with E-state index in [1.807, 2.05) is 32.9 Å². The van der Waals surface area contributed by atoms with E-state index in [9.17, 15) is 9.59 Å². The number of aryl methyl sites for hydroxylation is 1. The molecular weight excluding hydrogens is 308 g/mol. The van der Waals surface area contributed by atoms with E-state index in [4.69, 9.17) is 9.47 Å². The van der Waals surface area contributed by atoms with Gasteiger partial charge >= 0.3 is 6.09 Å². The van der Waals surface area contributed by atoms with Gasteiger partial charge in [-0.1, -0.05) is 19.9 Å². The number of carbonyl (C=O) groups excluding carboxylic acids is 2. The van der Waals surface area contributed by atoms with Crippen LogP contribution in [0.1, 0.15) is 29.8 Å². The molecule has 0 spiro atoms. The SMILES string of the molecule is COc1cc(C(=O)N2CCN(C(=O)OCC(C)C)CC2)ccc1C. The predicted octanol–water partition coefficient (Wildman–Crippen LogP) is 2.55. The lowest BCUT2D eigenvalue weighted by atomic mass is 10.1. The Bertz CT molecular complexity index is 593. The van der Waals surface area contributed by atoms with Gasteiger partial charge in [-0.2, -0.15) is 0 Å². The van der Waals surface area contributed by atoms with Crippen LogP contribution in [0.2, 0.25) is 0 Å². The molecule has 0 saturated carbocycles. The number of piperazine rings is 1. The summed E-state index contributed by atoms with van der Waals surface area (Å²) < 4.78 is 10.5. The van der Waals surface area contributed by atoms with Gasteiger partial charge in [-0.05, 0) is 30.5 Å². The van der Waals surface area contributed by atoms with E-state index >= 15 is 0 Å². The summed E-state index contributed by atoms with van der Waals surface area (Å²) in [6, 6.07) is 5.45. The molecule has 0 atom stereocenters. The summed E-state index contributed by atoms with van der Waals surface area (Å²) in [6.07, 6.45) is -0.298. The standard InChI is InChI=1S/C18H26N2O4/c1-13(2)12-24-18(22)20-9-7-19(8-10-20)17(21)15-6-5-14(3)16(11-15)23-4/h5-6,11,13H,7-10,12H2,1-4H3. The van der Waals surface area contributed by atoms with Crippen LogP contribution < -0.4 is 4.74 Å². The first kappa shape index (κ1) is 18.1. The zero-order chi connectivity index (χ0) is 17.7. The quantitative estimate of drug-likeness (QED) is 0.849. The number of rotatable bonds is 4. The van der Waals surface area contributed by atoms with Crippen molar-refractivity contribution in [2.24, 2.45) is 5.92 Å². The minimum absolute atomic E-state index is 0.0384. The van der Waals surface area contributed by atoms with Crippen molar-refractivity contribution in [3.8, 4) is 5.75 Å². The molecule has 1 aliphatic heterocycles. The summed E-state index contributed by atoms with van der Waals surface area (Å²) in [6.45, 7) is 8.35. The molecule has 2 amide bonds. The van der Waals surface area contributed by atoms with Gasteiger partial charge in [-0.25, -0.2) is 4.79 Å². The minimum atomic E-state index is -0.298. The van der Waals surface area contributed by atoms with Gasteiger partial charge in [0.1, 0.15) is 5.75 Å². The first-order chi connectivity index (χ1) is 11.4. The molecule has 0 aromatic heterocycles. The van der Waals surface area contributed by atoms with Gasteiger partial charge in [0, 0.05) is 31.7 Å². The number of amides is 2. The summed E-state index contributed by atoms with van der Waals surface area (Å²) in [4.78, 5) is 28.0. The molecule has 6 nitrogen and oxygen atoms in total. The van der Waals surface area contributed by atoms with Crippen molar-refractivity contribution in [2.45, 2.75) is 20.8 Å². The highest BCUT2D eigenvalue weighted by atomic mass is 16.6. The van der Waals surface area contributed by atoms with Crippen molar-refractivity contribution < 1.29 is 19.1 Å². The molecular formula is C18H26N2O4. The molecule has 1 aromatic rings. The molecule has 6 heteroatoms. The number of benzene rings is 1. The van der Waals surface area contributed by atoms with Crippen molar-refractivity contribution in [1.82, 2.24) is 9.80 Å². The molecule has 0 radical (unpaired) electrons. The highest BCUT2D eigenvalue weighted by Crippen LogP contribution is 2.20. The first-order valence-electron chi connectivity index (χ1n) is 8.28. The lowest BCUT2D eigenvalue weighted by molar-refractivity contribution is 0.0535. The minimum Gasteiger partial charge on any atom is -0.496 e. The number of hydrogen-bond acceptors (Lipinski definition) is 4. The van der Waals surface area contributed by atoms with Crippen molar-refractivity contribution in [3.63, 3.8) is 0 Å².